The summed E-state index contributed by atoms with van der Waals surface area (Å²) in [6, 6.07) is 6.31. The van der Waals surface area contributed by atoms with Gasteiger partial charge < -0.3 is 20.1 Å². The third-order valence-electron chi connectivity index (χ3n) is 2.52. The number of rotatable bonds is 7. The highest BCUT2D eigenvalue weighted by molar-refractivity contribution is 5.89. The van der Waals surface area contributed by atoms with Gasteiger partial charge in [0.05, 0.1) is 19.2 Å². The van der Waals surface area contributed by atoms with E-state index in [1.165, 1.54) is 13.2 Å². The van der Waals surface area contributed by atoms with Crippen molar-refractivity contribution in [3.05, 3.63) is 29.8 Å². The van der Waals surface area contributed by atoms with Gasteiger partial charge in [-0.2, -0.15) is 0 Å². The second-order valence-electron chi connectivity index (χ2n) is 4.81. The lowest BCUT2D eigenvalue weighted by Gasteiger charge is -2.10. The molecule has 7 nitrogen and oxygen atoms in total. The first-order chi connectivity index (χ1) is 10.4. The summed E-state index contributed by atoms with van der Waals surface area (Å²) >= 11 is 0. The molecule has 0 bridgehead atoms. The van der Waals surface area contributed by atoms with Gasteiger partial charge in [0.1, 0.15) is 5.75 Å². The molecule has 2 amide bonds. The van der Waals surface area contributed by atoms with Gasteiger partial charge in [0, 0.05) is 6.04 Å². The van der Waals surface area contributed by atoms with Gasteiger partial charge in [0.25, 0.3) is 5.91 Å². The van der Waals surface area contributed by atoms with Crippen molar-refractivity contribution in [2.45, 2.75) is 19.9 Å². The molecule has 0 saturated heterocycles. The fourth-order valence-electron chi connectivity index (χ4n) is 1.58. The fourth-order valence-corrected chi connectivity index (χ4v) is 1.58. The smallest absolute Gasteiger partial charge is 0.337 e. The van der Waals surface area contributed by atoms with Crippen molar-refractivity contribution in [1.29, 1.82) is 0 Å². The summed E-state index contributed by atoms with van der Waals surface area (Å²) in [7, 11) is 1.28. The fraction of sp³-hybridized carbons (Fsp3) is 0.400. The normalized spacial score (nSPS) is 10.0. The maximum absolute atomic E-state index is 11.6. The molecule has 22 heavy (non-hydrogen) atoms. The minimum atomic E-state index is -0.486. The van der Waals surface area contributed by atoms with E-state index in [1.54, 1.807) is 18.2 Å². The van der Waals surface area contributed by atoms with Gasteiger partial charge in [-0.3, -0.25) is 9.59 Å². The number of nitrogens with one attached hydrogen (secondary N) is 2. The van der Waals surface area contributed by atoms with E-state index >= 15 is 0 Å². The molecule has 0 heterocycles. The predicted molar refractivity (Wildman–Crippen MR) is 79.6 cm³/mol. The Morgan fingerprint density at radius 1 is 1.18 bits per heavy atom. The molecule has 0 saturated carbocycles. The van der Waals surface area contributed by atoms with Gasteiger partial charge in [0.15, 0.2) is 6.61 Å². The van der Waals surface area contributed by atoms with Crippen LogP contribution < -0.4 is 15.4 Å². The highest BCUT2D eigenvalue weighted by atomic mass is 16.5. The standard InChI is InChI=1S/C15H20N2O5/c1-10(2)17-13(18)8-16-14(19)9-22-12-6-4-5-11(7-12)15(20)21-3/h4-7,10H,8-9H2,1-3H3,(H,16,19)(H,17,18). The van der Waals surface area contributed by atoms with Crippen LogP contribution >= 0.6 is 0 Å². The van der Waals surface area contributed by atoms with Gasteiger partial charge in [-0.15, -0.1) is 0 Å². The van der Waals surface area contributed by atoms with Gasteiger partial charge in [-0.25, -0.2) is 4.79 Å². The third kappa shape index (κ3) is 6.25. The largest absolute Gasteiger partial charge is 0.484 e. The van der Waals surface area contributed by atoms with Crippen LogP contribution in [0.5, 0.6) is 5.75 Å². The number of hydrogen-bond donors (Lipinski definition) is 2. The first-order valence-electron chi connectivity index (χ1n) is 6.79. The van der Waals surface area contributed by atoms with Crippen molar-refractivity contribution in [2.75, 3.05) is 20.3 Å². The van der Waals surface area contributed by atoms with Crippen molar-refractivity contribution in [3.8, 4) is 5.75 Å². The van der Waals surface area contributed by atoms with Gasteiger partial charge in [-0.1, -0.05) is 6.07 Å². The molecular weight excluding hydrogens is 288 g/mol. The van der Waals surface area contributed by atoms with E-state index in [0.29, 0.717) is 11.3 Å². The summed E-state index contributed by atoms with van der Waals surface area (Å²) in [5.41, 5.74) is 0.330. The van der Waals surface area contributed by atoms with Crippen LogP contribution in [0.3, 0.4) is 0 Å². The maximum Gasteiger partial charge on any atom is 0.337 e. The number of esters is 1. The van der Waals surface area contributed by atoms with Gasteiger partial charge >= 0.3 is 5.97 Å². The summed E-state index contributed by atoms with van der Waals surface area (Å²) in [5, 5.41) is 5.09. The summed E-state index contributed by atoms with van der Waals surface area (Å²) in [5.74, 6) is -0.816. The van der Waals surface area contributed by atoms with Crippen LogP contribution in [-0.2, 0) is 14.3 Å². The Morgan fingerprint density at radius 3 is 2.55 bits per heavy atom. The minimum Gasteiger partial charge on any atom is -0.484 e. The molecule has 0 unspecified atom stereocenters. The SMILES string of the molecule is COC(=O)c1cccc(OCC(=O)NCC(=O)NC(C)C)c1. The molecule has 0 aromatic heterocycles. The molecule has 0 radical (unpaired) electrons. The zero-order chi connectivity index (χ0) is 16.5. The van der Waals surface area contributed by atoms with E-state index in [2.05, 4.69) is 15.4 Å². The zero-order valence-electron chi connectivity index (χ0n) is 12.8. The van der Waals surface area contributed by atoms with Crippen LogP contribution in [0.15, 0.2) is 24.3 Å². The highest BCUT2D eigenvalue weighted by Crippen LogP contribution is 2.13. The maximum atomic E-state index is 11.6. The van der Waals surface area contributed by atoms with Crippen LogP contribution in [0.4, 0.5) is 0 Å². The molecule has 1 aromatic rings. The number of amides is 2. The summed E-state index contributed by atoms with van der Waals surface area (Å²) < 4.78 is 9.86. The number of ether oxygens (including phenoxy) is 2. The Hall–Kier alpha value is -2.57. The van der Waals surface area contributed by atoms with E-state index < -0.39 is 11.9 Å². The number of methoxy groups -OCH3 is 1. The molecule has 120 valence electrons. The number of benzene rings is 1. The Bertz CT molecular complexity index is 542. The quantitative estimate of drug-likeness (QED) is 0.715. The van der Waals surface area contributed by atoms with Crippen molar-refractivity contribution in [1.82, 2.24) is 10.6 Å². The second kappa shape index (κ2) is 8.66. The van der Waals surface area contributed by atoms with Gasteiger partial charge in [0.2, 0.25) is 5.91 Å². The molecule has 0 aliphatic heterocycles. The molecular formula is C15H20N2O5. The van der Waals surface area contributed by atoms with Gasteiger partial charge in [-0.05, 0) is 32.0 Å². The molecule has 0 aliphatic carbocycles. The molecule has 2 N–H and O–H groups in total. The average molecular weight is 308 g/mol. The lowest BCUT2D eigenvalue weighted by Crippen LogP contribution is -2.41. The number of carbonyl (C=O) groups is 3. The van der Waals surface area contributed by atoms with Crippen molar-refractivity contribution < 1.29 is 23.9 Å². The van der Waals surface area contributed by atoms with E-state index in [1.807, 2.05) is 13.8 Å². The Kier molecular flexibility index (Phi) is 6.88. The van der Waals surface area contributed by atoms with Crippen LogP contribution in [0.25, 0.3) is 0 Å². The van der Waals surface area contributed by atoms with Crippen LogP contribution in [0.2, 0.25) is 0 Å². The Labute approximate surface area is 129 Å². The van der Waals surface area contributed by atoms with Crippen LogP contribution in [0, 0.1) is 0 Å². The van der Waals surface area contributed by atoms with E-state index in [-0.39, 0.29) is 25.1 Å². The van der Waals surface area contributed by atoms with Crippen molar-refractivity contribution >= 4 is 17.8 Å². The summed E-state index contributed by atoms with van der Waals surface area (Å²) in [6.45, 7) is 3.30. The van der Waals surface area contributed by atoms with E-state index in [9.17, 15) is 14.4 Å². The molecule has 0 atom stereocenters. The van der Waals surface area contributed by atoms with Crippen molar-refractivity contribution in [3.63, 3.8) is 0 Å². The second-order valence-corrected chi connectivity index (χ2v) is 4.81. The van der Waals surface area contributed by atoms with Crippen LogP contribution in [0.1, 0.15) is 24.2 Å². The highest BCUT2D eigenvalue weighted by Gasteiger charge is 2.09. The Balaban J connectivity index is 2.41. The topological polar surface area (TPSA) is 93.7 Å². The van der Waals surface area contributed by atoms with Crippen LogP contribution in [-0.4, -0.2) is 44.1 Å². The first kappa shape index (κ1) is 17.5. The van der Waals surface area contributed by atoms with Crippen molar-refractivity contribution in [2.24, 2.45) is 0 Å². The predicted octanol–water partition coefficient (Wildman–Crippen LogP) is 0.493. The number of hydrogen-bond acceptors (Lipinski definition) is 5. The lowest BCUT2D eigenvalue weighted by atomic mass is 10.2. The number of carbonyl (C=O) groups excluding carboxylic acids is 3. The lowest BCUT2D eigenvalue weighted by molar-refractivity contribution is -0.127. The molecule has 0 aliphatic rings. The average Bonchev–Trinajstić information content (AvgIpc) is 2.49. The molecule has 7 heteroatoms. The first-order valence-corrected chi connectivity index (χ1v) is 6.79. The van der Waals surface area contributed by atoms with E-state index in [4.69, 9.17) is 4.74 Å². The van der Waals surface area contributed by atoms with E-state index in [0.717, 1.165) is 0 Å². The Morgan fingerprint density at radius 2 is 1.91 bits per heavy atom. The summed E-state index contributed by atoms with van der Waals surface area (Å²) in [4.78, 5) is 34.3. The monoisotopic (exact) mass is 308 g/mol. The molecule has 1 aromatic carbocycles. The molecule has 0 spiro atoms. The summed E-state index contributed by atoms with van der Waals surface area (Å²) in [6.07, 6.45) is 0. The zero-order valence-corrected chi connectivity index (χ0v) is 12.8. The molecule has 0 fully saturated rings. The molecule has 1 rings (SSSR count). The third-order valence-corrected chi connectivity index (χ3v) is 2.52. The minimum absolute atomic E-state index is 0.0155.